The Morgan fingerprint density at radius 3 is 2.63 bits per heavy atom. The minimum absolute atomic E-state index is 0.0400. The zero-order valence-electron chi connectivity index (χ0n) is 10.6. The van der Waals surface area contributed by atoms with Crippen LogP contribution in [0, 0.1) is 0 Å². The molecule has 0 unspecified atom stereocenters. The standard InChI is InChI=1S/C11H17ClN2O4S/c1-14(5-3-2-4-6-15)19(17,18)9-7-10(12)11(16)13-8-9/h7-8,15H,2-6H2,1H3,(H,13,16). The van der Waals surface area contributed by atoms with Gasteiger partial charge in [0.2, 0.25) is 10.0 Å². The molecule has 0 spiro atoms. The first-order valence-electron chi connectivity index (χ1n) is 5.85. The highest BCUT2D eigenvalue weighted by molar-refractivity contribution is 7.89. The number of aliphatic hydroxyl groups excluding tert-OH is 1. The molecule has 0 radical (unpaired) electrons. The SMILES string of the molecule is CN(CCCCCO)S(=O)(=O)c1c[nH]c(=O)c(Cl)c1. The number of sulfonamides is 1. The Hall–Kier alpha value is -0.890. The Bertz CT molecular complexity index is 570. The van der Waals surface area contributed by atoms with Crippen LogP contribution in [-0.4, -0.2) is 43.0 Å². The highest BCUT2D eigenvalue weighted by Gasteiger charge is 2.21. The van der Waals surface area contributed by atoms with Crippen molar-refractivity contribution in [3.63, 3.8) is 0 Å². The summed E-state index contributed by atoms with van der Waals surface area (Å²) >= 11 is 5.62. The van der Waals surface area contributed by atoms with Crippen LogP contribution in [-0.2, 0) is 10.0 Å². The fourth-order valence-electron chi connectivity index (χ4n) is 1.51. The number of aromatic nitrogens is 1. The number of hydrogen-bond donors (Lipinski definition) is 2. The summed E-state index contributed by atoms with van der Waals surface area (Å²) in [4.78, 5) is 13.3. The number of aromatic amines is 1. The number of halogens is 1. The predicted octanol–water partition coefficient (Wildman–Crippen LogP) is 0.811. The fourth-order valence-corrected chi connectivity index (χ4v) is 2.95. The minimum Gasteiger partial charge on any atom is -0.396 e. The zero-order valence-corrected chi connectivity index (χ0v) is 12.2. The van der Waals surface area contributed by atoms with E-state index in [0.29, 0.717) is 19.4 Å². The van der Waals surface area contributed by atoms with E-state index in [0.717, 1.165) is 18.7 Å². The van der Waals surface area contributed by atoms with Gasteiger partial charge in [0, 0.05) is 26.4 Å². The predicted molar refractivity (Wildman–Crippen MR) is 72.8 cm³/mol. The van der Waals surface area contributed by atoms with Gasteiger partial charge in [-0.2, -0.15) is 0 Å². The van der Waals surface area contributed by atoms with Crippen molar-refractivity contribution in [2.24, 2.45) is 0 Å². The van der Waals surface area contributed by atoms with Crippen LogP contribution in [0.4, 0.5) is 0 Å². The van der Waals surface area contributed by atoms with E-state index >= 15 is 0 Å². The van der Waals surface area contributed by atoms with E-state index in [4.69, 9.17) is 16.7 Å². The van der Waals surface area contributed by atoms with Crippen LogP contribution in [0.3, 0.4) is 0 Å². The number of H-pyrrole nitrogens is 1. The molecule has 108 valence electrons. The quantitative estimate of drug-likeness (QED) is 0.729. The molecule has 0 aliphatic carbocycles. The monoisotopic (exact) mass is 308 g/mol. The average molecular weight is 309 g/mol. The van der Waals surface area contributed by atoms with Crippen molar-refractivity contribution in [1.82, 2.24) is 9.29 Å². The van der Waals surface area contributed by atoms with E-state index in [2.05, 4.69) is 4.98 Å². The van der Waals surface area contributed by atoms with Gasteiger partial charge >= 0.3 is 0 Å². The van der Waals surface area contributed by atoms with Crippen LogP contribution >= 0.6 is 11.6 Å². The van der Waals surface area contributed by atoms with Gasteiger partial charge in [-0.05, 0) is 25.3 Å². The molecule has 0 bridgehead atoms. The average Bonchev–Trinajstić information content (AvgIpc) is 2.37. The van der Waals surface area contributed by atoms with E-state index in [1.54, 1.807) is 0 Å². The third kappa shape index (κ3) is 4.31. The molecule has 0 aliphatic heterocycles. The topological polar surface area (TPSA) is 90.5 Å². The molecule has 8 heteroatoms. The molecule has 1 aromatic heterocycles. The van der Waals surface area contributed by atoms with Crippen molar-refractivity contribution in [3.05, 3.63) is 27.6 Å². The van der Waals surface area contributed by atoms with E-state index < -0.39 is 15.6 Å². The second-order valence-electron chi connectivity index (χ2n) is 4.12. The summed E-state index contributed by atoms with van der Waals surface area (Å²) < 4.78 is 25.5. The molecule has 1 heterocycles. The van der Waals surface area contributed by atoms with Crippen LogP contribution in [0.5, 0.6) is 0 Å². The van der Waals surface area contributed by atoms with Crippen LogP contribution in [0.1, 0.15) is 19.3 Å². The Kier molecular flexibility index (Phi) is 5.99. The van der Waals surface area contributed by atoms with Crippen LogP contribution in [0.25, 0.3) is 0 Å². The normalized spacial score (nSPS) is 12.0. The first-order chi connectivity index (χ1) is 8.89. The molecular formula is C11H17ClN2O4S. The van der Waals surface area contributed by atoms with Gasteiger partial charge in [0.15, 0.2) is 0 Å². The second kappa shape index (κ2) is 7.04. The van der Waals surface area contributed by atoms with Gasteiger partial charge in [0.1, 0.15) is 5.02 Å². The lowest BCUT2D eigenvalue weighted by Crippen LogP contribution is -2.28. The molecule has 0 atom stereocenters. The molecule has 6 nitrogen and oxygen atoms in total. The Balaban J connectivity index is 2.79. The van der Waals surface area contributed by atoms with Crippen LogP contribution in [0.15, 0.2) is 22.0 Å². The summed E-state index contributed by atoms with van der Waals surface area (Å²) in [5.41, 5.74) is -0.522. The van der Waals surface area contributed by atoms with Gasteiger partial charge in [0.05, 0.1) is 4.90 Å². The molecule has 0 saturated heterocycles. The van der Waals surface area contributed by atoms with Gasteiger partial charge in [-0.1, -0.05) is 11.6 Å². The highest BCUT2D eigenvalue weighted by atomic mass is 35.5. The van der Waals surface area contributed by atoms with Gasteiger partial charge < -0.3 is 10.1 Å². The first kappa shape index (κ1) is 16.2. The maximum Gasteiger partial charge on any atom is 0.266 e. The lowest BCUT2D eigenvalue weighted by atomic mass is 10.2. The summed E-state index contributed by atoms with van der Waals surface area (Å²) in [6.45, 7) is 0.449. The van der Waals surface area contributed by atoms with Gasteiger partial charge in [0.25, 0.3) is 5.56 Å². The van der Waals surface area contributed by atoms with Crippen molar-refractivity contribution in [2.75, 3.05) is 20.2 Å². The summed E-state index contributed by atoms with van der Waals surface area (Å²) in [5.74, 6) is 0. The maximum absolute atomic E-state index is 12.2. The first-order valence-corrected chi connectivity index (χ1v) is 7.67. The summed E-state index contributed by atoms with van der Waals surface area (Å²) in [6.07, 6.45) is 3.20. The van der Waals surface area contributed by atoms with E-state index in [9.17, 15) is 13.2 Å². The van der Waals surface area contributed by atoms with Crippen LogP contribution < -0.4 is 5.56 Å². The lowest BCUT2D eigenvalue weighted by Gasteiger charge is -2.16. The number of aliphatic hydroxyl groups is 1. The summed E-state index contributed by atoms with van der Waals surface area (Å²) in [7, 11) is -2.18. The lowest BCUT2D eigenvalue weighted by molar-refractivity contribution is 0.281. The Morgan fingerprint density at radius 1 is 1.37 bits per heavy atom. The van der Waals surface area contributed by atoms with Crippen molar-refractivity contribution < 1.29 is 13.5 Å². The molecule has 0 amide bonds. The van der Waals surface area contributed by atoms with E-state index in [1.165, 1.54) is 11.4 Å². The molecule has 0 saturated carbocycles. The van der Waals surface area contributed by atoms with E-state index in [-0.39, 0.29) is 16.5 Å². The number of unbranched alkanes of at least 4 members (excludes halogenated alkanes) is 2. The van der Waals surface area contributed by atoms with Crippen molar-refractivity contribution in [3.8, 4) is 0 Å². The third-order valence-electron chi connectivity index (χ3n) is 2.67. The molecule has 0 aromatic carbocycles. The van der Waals surface area contributed by atoms with Gasteiger partial charge in [-0.3, -0.25) is 4.79 Å². The molecule has 1 aromatic rings. The zero-order chi connectivity index (χ0) is 14.5. The Morgan fingerprint density at radius 2 is 2.05 bits per heavy atom. The number of hydrogen-bond acceptors (Lipinski definition) is 4. The number of nitrogens with one attached hydrogen (secondary N) is 1. The summed E-state index contributed by atoms with van der Waals surface area (Å²) in [5, 5.41) is 8.49. The number of rotatable bonds is 7. The fraction of sp³-hybridized carbons (Fsp3) is 0.545. The van der Waals surface area contributed by atoms with Crippen molar-refractivity contribution in [1.29, 1.82) is 0 Å². The number of nitrogens with zero attached hydrogens (tertiary/aromatic N) is 1. The minimum atomic E-state index is -3.65. The molecule has 0 fully saturated rings. The molecule has 2 N–H and O–H groups in total. The van der Waals surface area contributed by atoms with Gasteiger partial charge in [-0.25, -0.2) is 12.7 Å². The van der Waals surface area contributed by atoms with Crippen LogP contribution in [0.2, 0.25) is 5.02 Å². The van der Waals surface area contributed by atoms with Gasteiger partial charge in [-0.15, -0.1) is 0 Å². The molecule has 0 aliphatic rings. The molecule has 1 rings (SSSR count). The Labute approximate surface area is 117 Å². The van der Waals surface area contributed by atoms with Crippen molar-refractivity contribution in [2.45, 2.75) is 24.2 Å². The largest absolute Gasteiger partial charge is 0.396 e. The second-order valence-corrected chi connectivity index (χ2v) is 6.58. The molecule has 19 heavy (non-hydrogen) atoms. The third-order valence-corrected chi connectivity index (χ3v) is 4.79. The number of pyridine rings is 1. The molecular weight excluding hydrogens is 292 g/mol. The maximum atomic E-state index is 12.2. The highest BCUT2D eigenvalue weighted by Crippen LogP contribution is 2.15. The van der Waals surface area contributed by atoms with Crippen molar-refractivity contribution >= 4 is 21.6 Å². The summed E-state index contributed by atoms with van der Waals surface area (Å²) in [6, 6.07) is 1.14. The smallest absolute Gasteiger partial charge is 0.266 e. The van der Waals surface area contributed by atoms with E-state index in [1.807, 2.05) is 0 Å².